The molecule has 0 spiro atoms. The molecule has 0 aromatic rings. The molecule has 19 heteroatoms. The molecule has 0 aliphatic rings. The highest BCUT2D eigenvalue weighted by atomic mass is 31.2. The highest BCUT2D eigenvalue weighted by Gasteiger charge is 2.30. The molecule has 5 atom stereocenters. The van der Waals surface area contributed by atoms with Gasteiger partial charge < -0.3 is 33.8 Å². The van der Waals surface area contributed by atoms with Crippen molar-refractivity contribution >= 4 is 39.5 Å². The van der Waals surface area contributed by atoms with Crippen molar-refractivity contribution in [3.63, 3.8) is 0 Å². The van der Waals surface area contributed by atoms with Crippen LogP contribution in [0.25, 0.3) is 0 Å². The molecular formula is C72H140O17P2. The number of carbonyl (C=O) groups excluding carboxylic acids is 4. The Kier molecular flexibility index (Phi) is 64.0. The van der Waals surface area contributed by atoms with Crippen LogP contribution in [0.5, 0.6) is 0 Å². The molecule has 0 radical (unpaired) electrons. The minimum Gasteiger partial charge on any atom is -0.462 e. The zero-order valence-corrected chi connectivity index (χ0v) is 60.8. The van der Waals surface area contributed by atoms with Gasteiger partial charge in [0.2, 0.25) is 0 Å². The zero-order chi connectivity index (χ0) is 67.0. The van der Waals surface area contributed by atoms with E-state index in [0.717, 1.165) is 95.8 Å². The molecular weight excluding hydrogens is 1200 g/mol. The number of aliphatic hydroxyl groups is 1. The minimum atomic E-state index is -4.95. The standard InChI is InChI=1S/C72H140O17P2/c1-6-9-12-15-18-21-24-25-29-32-37-41-46-51-56-70(75)83-62-68(89-72(77)58-53-48-43-38-33-30-27-26-28-31-34-39-44-49-54-65(4)5)64-87-91(80,81)85-60-66(73)59-84-90(78,79)86-63-67(88-71(76)57-52-47-42-36-23-20-17-14-11-8-3)61-82-69(74)55-50-45-40-35-22-19-16-13-10-7-2/h65-68,73H,6-64H2,1-5H3,(H,78,79)(H,80,81)/t66-,67+,68+/m0/s1. The van der Waals surface area contributed by atoms with Crippen LogP contribution < -0.4 is 0 Å². The molecule has 2 unspecified atom stereocenters. The molecule has 0 rings (SSSR count). The predicted molar refractivity (Wildman–Crippen MR) is 368 cm³/mol. The Hall–Kier alpha value is -1.94. The second-order valence-electron chi connectivity index (χ2n) is 26.5. The van der Waals surface area contributed by atoms with Crippen molar-refractivity contribution < 1.29 is 80.2 Å². The molecule has 3 N–H and O–H groups in total. The van der Waals surface area contributed by atoms with Crippen molar-refractivity contribution in [2.24, 2.45) is 5.92 Å². The second-order valence-corrected chi connectivity index (χ2v) is 29.4. The summed E-state index contributed by atoms with van der Waals surface area (Å²) < 4.78 is 68.3. The predicted octanol–water partition coefficient (Wildman–Crippen LogP) is 20.9. The van der Waals surface area contributed by atoms with Gasteiger partial charge in [-0.3, -0.25) is 37.3 Å². The molecule has 0 aromatic carbocycles. The number of carbonyl (C=O) groups is 4. The fraction of sp³-hybridized carbons (Fsp3) is 0.944. The number of hydrogen-bond donors (Lipinski definition) is 3. The van der Waals surface area contributed by atoms with Crippen molar-refractivity contribution in [2.45, 2.75) is 393 Å². The largest absolute Gasteiger partial charge is 0.472 e. The van der Waals surface area contributed by atoms with Gasteiger partial charge in [-0.05, 0) is 31.6 Å². The maximum Gasteiger partial charge on any atom is 0.472 e. The first kappa shape index (κ1) is 89.1. The van der Waals surface area contributed by atoms with Crippen LogP contribution in [0.3, 0.4) is 0 Å². The summed E-state index contributed by atoms with van der Waals surface area (Å²) in [7, 11) is -9.90. The Morgan fingerprint density at radius 1 is 0.297 bits per heavy atom. The lowest BCUT2D eigenvalue weighted by atomic mass is 10.0. The molecule has 0 heterocycles. The number of hydrogen-bond acceptors (Lipinski definition) is 15. The molecule has 0 amide bonds. The maximum atomic E-state index is 13.0. The normalized spacial score (nSPS) is 14.0. The Morgan fingerprint density at radius 3 is 0.747 bits per heavy atom. The topological polar surface area (TPSA) is 237 Å². The fourth-order valence-corrected chi connectivity index (χ4v) is 12.6. The highest BCUT2D eigenvalue weighted by molar-refractivity contribution is 7.47. The smallest absolute Gasteiger partial charge is 0.462 e. The lowest BCUT2D eigenvalue weighted by molar-refractivity contribution is -0.161. The second kappa shape index (κ2) is 65.4. The summed E-state index contributed by atoms with van der Waals surface area (Å²) in [6.07, 6.45) is 52.6. The third-order valence-electron chi connectivity index (χ3n) is 16.8. The third-order valence-corrected chi connectivity index (χ3v) is 18.7. The molecule has 0 aliphatic heterocycles. The maximum absolute atomic E-state index is 13.0. The molecule has 0 fully saturated rings. The van der Waals surface area contributed by atoms with Crippen molar-refractivity contribution in [3.05, 3.63) is 0 Å². The van der Waals surface area contributed by atoms with E-state index in [4.69, 9.17) is 37.0 Å². The number of phosphoric ester groups is 2. The van der Waals surface area contributed by atoms with Gasteiger partial charge >= 0.3 is 39.5 Å². The molecule has 540 valence electrons. The fourth-order valence-electron chi connectivity index (χ4n) is 11.0. The first-order valence-corrected chi connectivity index (χ1v) is 40.6. The Morgan fingerprint density at radius 2 is 0.505 bits per heavy atom. The van der Waals surface area contributed by atoms with Gasteiger partial charge in [0, 0.05) is 25.7 Å². The van der Waals surface area contributed by atoms with Crippen molar-refractivity contribution in [1.29, 1.82) is 0 Å². The molecule has 0 saturated carbocycles. The first-order valence-electron chi connectivity index (χ1n) is 37.6. The Labute approximate surface area is 556 Å². The van der Waals surface area contributed by atoms with Crippen molar-refractivity contribution in [3.8, 4) is 0 Å². The summed E-state index contributed by atoms with van der Waals surface area (Å²) in [6, 6.07) is 0. The van der Waals surface area contributed by atoms with Crippen LogP contribution >= 0.6 is 15.6 Å². The summed E-state index contributed by atoms with van der Waals surface area (Å²) in [5.41, 5.74) is 0. The van der Waals surface area contributed by atoms with Crippen LogP contribution in [-0.4, -0.2) is 96.7 Å². The van der Waals surface area contributed by atoms with Gasteiger partial charge in [0.05, 0.1) is 26.4 Å². The van der Waals surface area contributed by atoms with Crippen LogP contribution in [0.15, 0.2) is 0 Å². The van der Waals surface area contributed by atoms with E-state index in [1.807, 2.05) is 0 Å². The van der Waals surface area contributed by atoms with E-state index in [2.05, 4.69) is 34.6 Å². The molecule has 0 bridgehead atoms. The minimum absolute atomic E-state index is 0.107. The quantitative estimate of drug-likeness (QED) is 0.0222. The average molecular weight is 1340 g/mol. The summed E-state index contributed by atoms with van der Waals surface area (Å²) in [5.74, 6) is -1.32. The van der Waals surface area contributed by atoms with Gasteiger partial charge in [-0.1, -0.05) is 324 Å². The summed E-state index contributed by atoms with van der Waals surface area (Å²) >= 11 is 0. The molecule has 17 nitrogen and oxygen atoms in total. The zero-order valence-electron chi connectivity index (χ0n) is 59.0. The van der Waals surface area contributed by atoms with Crippen LogP contribution in [-0.2, 0) is 65.4 Å². The van der Waals surface area contributed by atoms with Crippen LogP contribution in [0.1, 0.15) is 375 Å². The van der Waals surface area contributed by atoms with E-state index >= 15 is 0 Å². The Bertz CT molecular complexity index is 1750. The lowest BCUT2D eigenvalue weighted by Crippen LogP contribution is -2.30. The SMILES string of the molecule is CCCCCCCCCCCCCCCCC(=O)OC[C@H](COP(=O)(O)OC[C@@H](O)COP(=O)(O)OC[C@@H](COC(=O)CCCCCCCCCCCC)OC(=O)CCCCCCCCCCCC)OC(=O)CCCCCCCCCCCCCCCCC(C)C. The number of esters is 4. The van der Waals surface area contributed by atoms with Crippen molar-refractivity contribution in [2.75, 3.05) is 39.6 Å². The van der Waals surface area contributed by atoms with E-state index in [1.165, 1.54) is 199 Å². The number of rotatable bonds is 72. The van der Waals surface area contributed by atoms with Gasteiger partial charge in [0.25, 0.3) is 0 Å². The molecule has 0 aliphatic carbocycles. The molecule has 0 saturated heterocycles. The van der Waals surface area contributed by atoms with Crippen LogP contribution in [0.2, 0.25) is 0 Å². The monoisotopic (exact) mass is 1340 g/mol. The van der Waals surface area contributed by atoms with E-state index in [0.29, 0.717) is 25.7 Å². The van der Waals surface area contributed by atoms with Gasteiger partial charge in [-0.2, -0.15) is 0 Å². The van der Waals surface area contributed by atoms with Crippen LogP contribution in [0, 0.1) is 5.92 Å². The van der Waals surface area contributed by atoms with E-state index in [-0.39, 0.29) is 25.7 Å². The molecule has 91 heavy (non-hydrogen) atoms. The number of ether oxygens (including phenoxy) is 4. The van der Waals surface area contributed by atoms with Gasteiger partial charge in [0.15, 0.2) is 12.2 Å². The van der Waals surface area contributed by atoms with Crippen molar-refractivity contribution in [1.82, 2.24) is 0 Å². The van der Waals surface area contributed by atoms with E-state index < -0.39 is 97.5 Å². The van der Waals surface area contributed by atoms with E-state index in [1.54, 1.807) is 0 Å². The van der Waals surface area contributed by atoms with E-state index in [9.17, 15) is 43.2 Å². The number of unbranched alkanes of at least 4 members (excludes halogenated alkanes) is 44. The lowest BCUT2D eigenvalue weighted by Gasteiger charge is -2.21. The van der Waals surface area contributed by atoms with Gasteiger partial charge in [-0.25, -0.2) is 9.13 Å². The average Bonchev–Trinajstić information content (AvgIpc) is 3.73. The number of phosphoric acid groups is 2. The van der Waals surface area contributed by atoms with Gasteiger partial charge in [-0.15, -0.1) is 0 Å². The summed E-state index contributed by atoms with van der Waals surface area (Å²) in [6.45, 7) is 7.27. The highest BCUT2D eigenvalue weighted by Crippen LogP contribution is 2.45. The summed E-state index contributed by atoms with van der Waals surface area (Å²) in [5, 5.41) is 10.6. The third kappa shape index (κ3) is 66.5. The first-order chi connectivity index (χ1) is 44.0. The Balaban J connectivity index is 5.22. The van der Waals surface area contributed by atoms with Crippen LogP contribution in [0.4, 0.5) is 0 Å². The van der Waals surface area contributed by atoms with Gasteiger partial charge in [0.1, 0.15) is 19.3 Å². The molecule has 0 aromatic heterocycles. The number of aliphatic hydroxyl groups excluding tert-OH is 1. The summed E-state index contributed by atoms with van der Waals surface area (Å²) in [4.78, 5) is 72.6.